The number of urea groups is 1. The average Bonchev–Trinajstić information content (AvgIpc) is 3.24. The molecule has 1 saturated carbocycles. The lowest BCUT2D eigenvalue weighted by Crippen LogP contribution is -2.58. The largest absolute Gasteiger partial charge is 0.345 e. The molecule has 7 heteroatoms. The van der Waals surface area contributed by atoms with E-state index in [1.165, 1.54) is 25.0 Å². The van der Waals surface area contributed by atoms with Crippen LogP contribution in [0.5, 0.6) is 0 Å². The Morgan fingerprint density at radius 3 is 2.32 bits per heavy atom. The van der Waals surface area contributed by atoms with Gasteiger partial charge in [-0.05, 0) is 49.9 Å². The predicted molar refractivity (Wildman–Crippen MR) is 108 cm³/mol. The van der Waals surface area contributed by atoms with E-state index in [0.29, 0.717) is 44.3 Å². The van der Waals surface area contributed by atoms with Crippen LogP contribution in [0.25, 0.3) is 0 Å². The first-order valence-electron chi connectivity index (χ1n) is 10.3. The molecule has 1 aromatic rings. The van der Waals surface area contributed by atoms with Gasteiger partial charge in [-0.15, -0.1) is 0 Å². The molecule has 1 aliphatic carbocycles. The van der Waals surface area contributed by atoms with Gasteiger partial charge < -0.3 is 15.1 Å². The van der Waals surface area contributed by atoms with E-state index in [1.807, 2.05) is 18.9 Å². The van der Waals surface area contributed by atoms with Gasteiger partial charge in [0.2, 0.25) is 5.91 Å². The number of nitrogens with one attached hydrogen (secondary N) is 1. The Morgan fingerprint density at radius 2 is 1.75 bits per heavy atom. The Kier molecular flexibility index (Phi) is 6.88. The van der Waals surface area contributed by atoms with Crippen LogP contribution < -0.4 is 5.32 Å². The summed E-state index contributed by atoms with van der Waals surface area (Å²) in [6.45, 7) is 5.27. The second-order valence-corrected chi connectivity index (χ2v) is 7.80. The van der Waals surface area contributed by atoms with E-state index < -0.39 is 0 Å². The van der Waals surface area contributed by atoms with Gasteiger partial charge in [0.25, 0.3) is 0 Å². The van der Waals surface area contributed by atoms with Gasteiger partial charge in [-0.25, -0.2) is 9.18 Å². The number of carbonyl (C=O) groups excluding carboxylic acids is 2. The SMILES string of the molecule is CCN(C)C(=O)C(C1CCCC1)N1CCN(C(=O)Nc2ccc(F)cc2)CC1. The number of carbonyl (C=O) groups is 2. The quantitative estimate of drug-likeness (QED) is 0.841. The number of amides is 3. The van der Waals surface area contributed by atoms with Crippen LogP contribution in [0.4, 0.5) is 14.9 Å². The zero-order valence-corrected chi connectivity index (χ0v) is 16.9. The van der Waals surface area contributed by atoms with Crippen molar-refractivity contribution >= 4 is 17.6 Å². The average molecular weight is 391 g/mol. The molecule has 1 aromatic carbocycles. The molecule has 1 aliphatic heterocycles. The van der Waals surface area contributed by atoms with E-state index in [0.717, 1.165) is 12.8 Å². The summed E-state index contributed by atoms with van der Waals surface area (Å²) in [6.07, 6.45) is 4.62. The summed E-state index contributed by atoms with van der Waals surface area (Å²) < 4.78 is 13.0. The Morgan fingerprint density at radius 1 is 1.14 bits per heavy atom. The summed E-state index contributed by atoms with van der Waals surface area (Å²) in [5.41, 5.74) is 0.581. The fourth-order valence-corrected chi connectivity index (χ4v) is 4.25. The Bertz CT molecular complexity index is 667. The van der Waals surface area contributed by atoms with Gasteiger partial charge in [-0.2, -0.15) is 0 Å². The molecular formula is C21H31FN4O2. The van der Waals surface area contributed by atoms with Crippen molar-refractivity contribution in [3.05, 3.63) is 30.1 Å². The summed E-state index contributed by atoms with van der Waals surface area (Å²) in [5, 5.41) is 2.81. The number of rotatable bonds is 5. The normalized spacial score (nSPS) is 19.5. The number of anilines is 1. The zero-order valence-electron chi connectivity index (χ0n) is 16.9. The zero-order chi connectivity index (χ0) is 20.1. The Hall–Kier alpha value is -2.15. The number of piperazine rings is 1. The molecule has 28 heavy (non-hydrogen) atoms. The summed E-state index contributed by atoms with van der Waals surface area (Å²) >= 11 is 0. The molecule has 3 rings (SSSR count). The summed E-state index contributed by atoms with van der Waals surface area (Å²) in [5.74, 6) is 0.297. The van der Waals surface area contributed by atoms with Crippen LogP contribution in [0.3, 0.4) is 0 Å². The van der Waals surface area contributed by atoms with Crippen LogP contribution in [0.2, 0.25) is 0 Å². The third-order valence-electron chi connectivity index (χ3n) is 6.04. The van der Waals surface area contributed by atoms with Crippen molar-refractivity contribution in [2.45, 2.75) is 38.6 Å². The lowest BCUT2D eigenvalue weighted by atomic mass is 9.94. The van der Waals surface area contributed by atoms with Gasteiger partial charge in [0.1, 0.15) is 5.82 Å². The molecular weight excluding hydrogens is 359 g/mol. The summed E-state index contributed by atoms with van der Waals surface area (Å²) in [6, 6.07) is 5.51. The molecule has 2 aliphatic rings. The number of nitrogens with zero attached hydrogens (tertiary/aromatic N) is 3. The Labute approximate surface area is 166 Å². The minimum atomic E-state index is -0.328. The van der Waals surface area contributed by atoms with Crippen molar-refractivity contribution in [1.82, 2.24) is 14.7 Å². The molecule has 1 atom stereocenters. The molecule has 154 valence electrons. The standard InChI is InChI=1S/C21H31FN4O2/c1-3-24(2)20(27)19(16-6-4-5-7-16)25-12-14-26(15-13-25)21(28)23-18-10-8-17(22)9-11-18/h8-11,16,19H,3-7,12-15H2,1-2H3,(H,23,28). The van der Waals surface area contributed by atoms with E-state index in [2.05, 4.69) is 10.2 Å². The molecule has 1 saturated heterocycles. The minimum absolute atomic E-state index is 0.0743. The maximum atomic E-state index is 13.0. The van der Waals surface area contributed by atoms with E-state index >= 15 is 0 Å². The van der Waals surface area contributed by atoms with Crippen molar-refractivity contribution in [2.75, 3.05) is 45.1 Å². The molecule has 3 amide bonds. The minimum Gasteiger partial charge on any atom is -0.345 e. The van der Waals surface area contributed by atoms with Gasteiger partial charge in [0.15, 0.2) is 0 Å². The van der Waals surface area contributed by atoms with Crippen molar-refractivity contribution < 1.29 is 14.0 Å². The molecule has 0 radical (unpaired) electrons. The van der Waals surface area contributed by atoms with Gasteiger partial charge in [0.05, 0.1) is 6.04 Å². The molecule has 1 heterocycles. The van der Waals surface area contributed by atoms with Crippen molar-refractivity contribution in [2.24, 2.45) is 5.92 Å². The smallest absolute Gasteiger partial charge is 0.321 e. The first kappa shape index (κ1) is 20.6. The highest BCUT2D eigenvalue weighted by molar-refractivity contribution is 5.89. The van der Waals surface area contributed by atoms with Gasteiger partial charge in [0, 0.05) is 45.5 Å². The molecule has 0 spiro atoms. The monoisotopic (exact) mass is 390 g/mol. The second-order valence-electron chi connectivity index (χ2n) is 7.80. The lowest BCUT2D eigenvalue weighted by Gasteiger charge is -2.41. The van der Waals surface area contributed by atoms with Crippen LogP contribution in [0, 0.1) is 11.7 Å². The number of halogens is 1. The summed E-state index contributed by atoms with van der Waals surface area (Å²) in [4.78, 5) is 31.4. The van der Waals surface area contributed by atoms with Gasteiger partial charge in [-0.1, -0.05) is 12.8 Å². The molecule has 2 fully saturated rings. The van der Waals surface area contributed by atoms with Crippen LogP contribution in [-0.4, -0.2) is 72.5 Å². The molecule has 1 N–H and O–H groups in total. The van der Waals surface area contributed by atoms with E-state index in [-0.39, 0.29) is 23.8 Å². The number of likely N-dealkylation sites (N-methyl/N-ethyl adjacent to an activating group) is 1. The highest BCUT2D eigenvalue weighted by atomic mass is 19.1. The third kappa shape index (κ3) is 4.82. The van der Waals surface area contributed by atoms with Crippen LogP contribution in [0.15, 0.2) is 24.3 Å². The predicted octanol–water partition coefficient (Wildman–Crippen LogP) is 3.01. The maximum absolute atomic E-state index is 13.0. The van der Waals surface area contributed by atoms with Crippen LogP contribution >= 0.6 is 0 Å². The lowest BCUT2D eigenvalue weighted by molar-refractivity contribution is -0.138. The van der Waals surface area contributed by atoms with E-state index in [4.69, 9.17) is 0 Å². The molecule has 6 nitrogen and oxygen atoms in total. The highest BCUT2D eigenvalue weighted by Gasteiger charge is 2.38. The van der Waals surface area contributed by atoms with Crippen molar-refractivity contribution in [1.29, 1.82) is 0 Å². The first-order chi connectivity index (χ1) is 13.5. The third-order valence-corrected chi connectivity index (χ3v) is 6.04. The number of benzene rings is 1. The fraction of sp³-hybridized carbons (Fsp3) is 0.619. The number of hydrogen-bond donors (Lipinski definition) is 1. The fourth-order valence-electron chi connectivity index (χ4n) is 4.25. The van der Waals surface area contributed by atoms with Crippen molar-refractivity contribution in [3.63, 3.8) is 0 Å². The molecule has 0 bridgehead atoms. The van der Waals surface area contributed by atoms with Gasteiger partial charge in [-0.3, -0.25) is 9.69 Å². The highest BCUT2D eigenvalue weighted by Crippen LogP contribution is 2.31. The topological polar surface area (TPSA) is 55.9 Å². The van der Waals surface area contributed by atoms with E-state index in [1.54, 1.807) is 17.0 Å². The molecule has 1 unspecified atom stereocenters. The number of hydrogen-bond acceptors (Lipinski definition) is 3. The first-order valence-corrected chi connectivity index (χ1v) is 10.3. The Balaban J connectivity index is 1.59. The maximum Gasteiger partial charge on any atom is 0.321 e. The van der Waals surface area contributed by atoms with Crippen LogP contribution in [0.1, 0.15) is 32.6 Å². The van der Waals surface area contributed by atoms with Gasteiger partial charge >= 0.3 is 6.03 Å². The second kappa shape index (κ2) is 9.37. The summed E-state index contributed by atoms with van der Waals surface area (Å²) in [7, 11) is 1.87. The van der Waals surface area contributed by atoms with Crippen LogP contribution in [-0.2, 0) is 4.79 Å². The van der Waals surface area contributed by atoms with Crippen molar-refractivity contribution in [3.8, 4) is 0 Å². The molecule has 0 aromatic heterocycles. The van der Waals surface area contributed by atoms with E-state index in [9.17, 15) is 14.0 Å².